The molecule has 0 bridgehead atoms. The second kappa shape index (κ2) is 8.38. The van der Waals surface area contributed by atoms with Crippen LogP contribution in [0, 0.1) is 72.5 Å². The first kappa shape index (κ1) is 21.5. The zero-order valence-corrected chi connectivity index (χ0v) is 14.7. The Balaban J connectivity index is 0.000000403. The van der Waals surface area contributed by atoms with E-state index in [9.17, 15) is 35.1 Å². The Morgan fingerprint density at radius 1 is 0.478 bits per heavy atom. The predicted molar refractivity (Wildman–Crippen MR) is 59.7 cm³/mol. The summed E-state index contributed by atoms with van der Waals surface area (Å²) >= 11 is 0. The average Bonchev–Trinajstić information content (AvgIpc) is 2.47. The molecular weight excluding hydrogens is 386 g/mol. The van der Waals surface area contributed by atoms with Crippen molar-refractivity contribution in [1.82, 2.24) is 0 Å². The molecule has 120 valence electrons. The number of benzene rings is 2. The summed E-state index contributed by atoms with van der Waals surface area (Å²) < 4.78 is 98.2. The van der Waals surface area contributed by atoms with Gasteiger partial charge in [0.05, 0.1) is 0 Å². The summed E-state index contributed by atoms with van der Waals surface area (Å²) in [6.45, 7) is 1.90. The van der Waals surface area contributed by atoms with E-state index in [1.165, 1.54) is 12.1 Å². The van der Waals surface area contributed by atoms with Crippen molar-refractivity contribution in [2.24, 2.45) is 0 Å². The third-order valence-electron chi connectivity index (χ3n) is 2.53. The molecule has 0 aliphatic carbocycles. The van der Waals surface area contributed by atoms with Crippen LogP contribution < -0.4 is 0 Å². The maximum Gasteiger partial charge on any atom is 2.00 e. The molecule has 0 amide bonds. The minimum Gasteiger partial charge on any atom is -0.281 e. The average molecular weight is 392 g/mol. The van der Waals surface area contributed by atoms with Crippen LogP contribution in [0.15, 0.2) is 0 Å². The van der Waals surface area contributed by atoms with Gasteiger partial charge in [-0.15, -0.1) is 12.1 Å². The molecule has 0 fully saturated rings. The molecule has 0 aromatic heterocycles. The van der Waals surface area contributed by atoms with Crippen LogP contribution in [0.5, 0.6) is 0 Å². The summed E-state index contributed by atoms with van der Waals surface area (Å²) in [5, 5.41) is 0. The van der Waals surface area contributed by atoms with Gasteiger partial charge in [-0.1, -0.05) is 25.0 Å². The first-order chi connectivity index (χ1) is 10.1. The molecule has 23 heavy (non-hydrogen) atoms. The van der Waals surface area contributed by atoms with Crippen LogP contribution in [0.2, 0.25) is 0 Å². The number of halogens is 8. The van der Waals surface area contributed by atoms with E-state index in [1.54, 1.807) is 0 Å². The largest absolute Gasteiger partial charge is 2.00 e. The minimum atomic E-state index is -1.50. The van der Waals surface area contributed by atoms with Crippen molar-refractivity contribution in [2.75, 3.05) is 0 Å². The van der Waals surface area contributed by atoms with Crippen molar-refractivity contribution in [3.05, 3.63) is 69.8 Å². The monoisotopic (exact) mass is 390 g/mol. The molecule has 2 rings (SSSR count). The van der Waals surface area contributed by atoms with Crippen molar-refractivity contribution in [1.29, 1.82) is 0 Å². The Morgan fingerprint density at radius 2 is 0.652 bits per heavy atom. The standard InChI is InChI=1S/2C7H3F4.Zn/c2*1-3-6(10)4(8)2-5(9)7(3)11;/h2*1H3;/q2*-1;+2. The van der Waals surface area contributed by atoms with Crippen LogP contribution in [0.1, 0.15) is 11.1 Å². The first-order valence-corrected chi connectivity index (χ1v) is 5.51. The van der Waals surface area contributed by atoms with E-state index in [0.29, 0.717) is 0 Å². The number of hydrogen-bond acceptors (Lipinski definition) is 0. The number of rotatable bonds is 0. The molecule has 0 aliphatic rings. The van der Waals surface area contributed by atoms with Crippen molar-refractivity contribution < 1.29 is 54.6 Å². The normalized spacial score (nSPS) is 9.83. The van der Waals surface area contributed by atoms with Crippen LogP contribution in [0.4, 0.5) is 35.1 Å². The van der Waals surface area contributed by atoms with Gasteiger partial charge in [0, 0.05) is 46.5 Å². The fourth-order valence-corrected chi connectivity index (χ4v) is 1.26. The van der Waals surface area contributed by atoms with Crippen LogP contribution >= 0.6 is 0 Å². The SMILES string of the molecule is Cc1c(F)c(F)[c-]c(F)c1F.Cc1c(F)c(F)[c-]c(F)c1F.[Zn+2]. The first-order valence-electron chi connectivity index (χ1n) is 5.51. The maximum atomic E-state index is 12.4. The van der Waals surface area contributed by atoms with E-state index >= 15 is 0 Å². The van der Waals surface area contributed by atoms with Gasteiger partial charge in [-0.3, -0.25) is 17.6 Å². The van der Waals surface area contributed by atoms with Gasteiger partial charge in [0.2, 0.25) is 0 Å². The molecule has 0 heterocycles. The molecule has 0 unspecified atom stereocenters. The molecule has 2 aromatic rings. The number of hydrogen-bond donors (Lipinski definition) is 0. The third kappa shape index (κ3) is 4.74. The Labute approximate surface area is 138 Å². The van der Waals surface area contributed by atoms with E-state index in [2.05, 4.69) is 0 Å². The fourth-order valence-electron chi connectivity index (χ4n) is 1.26. The fraction of sp³-hybridized carbons (Fsp3) is 0.143. The molecular formula is C14H6F8Zn. The van der Waals surface area contributed by atoms with E-state index < -0.39 is 57.7 Å². The second-order valence-corrected chi connectivity index (χ2v) is 4.01. The molecule has 0 radical (unpaired) electrons. The molecule has 2 aromatic carbocycles. The van der Waals surface area contributed by atoms with Gasteiger partial charge in [0.25, 0.3) is 0 Å². The molecule has 0 atom stereocenters. The molecule has 0 N–H and O–H groups in total. The van der Waals surface area contributed by atoms with Crippen LogP contribution in [-0.2, 0) is 19.5 Å². The molecule has 0 saturated heterocycles. The van der Waals surface area contributed by atoms with E-state index in [1.807, 2.05) is 0 Å². The maximum absolute atomic E-state index is 12.4. The smallest absolute Gasteiger partial charge is 0.281 e. The minimum absolute atomic E-state index is 0. The Hall–Kier alpha value is -1.50. The summed E-state index contributed by atoms with van der Waals surface area (Å²) in [5.74, 6) is -11.6. The zero-order chi connectivity index (χ0) is 17.2. The summed E-state index contributed by atoms with van der Waals surface area (Å²) in [6.07, 6.45) is 0. The molecule has 0 nitrogen and oxygen atoms in total. The Morgan fingerprint density at radius 3 is 0.826 bits per heavy atom. The summed E-state index contributed by atoms with van der Waals surface area (Å²) in [7, 11) is 0. The van der Waals surface area contributed by atoms with Crippen molar-refractivity contribution in [2.45, 2.75) is 13.8 Å². The van der Waals surface area contributed by atoms with Gasteiger partial charge in [0.15, 0.2) is 0 Å². The van der Waals surface area contributed by atoms with Gasteiger partial charge in [0.1, 0.15) is 0 Å². The molecule has 0 spiro atoms. The quantitative estimate of drug-likeness (QED) is 0.264. The van der Waals surface area contributed by atoms with E-state index in [-0.39, 0.29) is 19.5 Å². The predicted octanol–water partition coefficient (Wildman–Crippen LogP) is 4.70. The third-order valence-corrected chi connectivity index (χ3v) is 2.53. The molecule has 9 heteroatoms. The Bertz CT molecular complexity index is 601. The topological polar surface area (TPSA) is 0 Å². The van der Waals surface area contributed by atoms with Gasteiger partial charge >= 0.3 is 19.5 Å². The Kier molecular flexibility index (Phi) is 7.84. The second-order valence-electron chi connectivity index (χ2n) is 4.01. The van der Waals surface area contributed by atoms with E-state index in [0.717, 1.165) is 13.8 Å². The van der Waals surface area contributed by atoms with Crippen LogP contribution in [0.25, 0.3) is 0 Å². The zero-order valence-electron chi connectivity index (χ0n) is 11.7. The van der Waals surface area contributed by atoms with Crippen molar-refractivity contribution in [3.63, 3.8) is 0 Å². The van der Waals surface area contributed by atoms with Gasteiger partial charge < -0.3 is 0 Å². The summed E-state index contributed by atoms with van der Waals surface area (Å²) in [5.41, 5.74) is -1.34. The van der Waals surface area contributed by atoms with Gasteiger partial charge in [-0.05, 0) is 0 Å². The van der Waals surface area contributed by atoms with Crippen LogP contribution in [-0.4, -0.2) is 0 Å². The van der Waals surface area contributed by atoms with Crippen molar-refractivity contribution >= 4 is 0 Å². The molecule has 0 saturated carbocycles. The van der Waals surface area contributed by atoms with Crippen LogP contribution in [0.3, 0.4) is 0 Å². The van der Waals surface area contributed by atoms with Gasteiger partial charge in [-0.2, -0.15) is 0 Å². The van der Waals surface area contributed by atoms with Gasteiger partial charge in [-0.25, -0.2) is 17.6 Å². The molecule has 0 aliphatic heterocycles. The van der Waals surface area contributed by atoms with E-state index in [4.69, 9.17) is 0 Å². The summed E-state index contributed by atoms with van der Waals surface area (Å²) in [4.78, 5) is 0. The van der Waals surface area contributed by atoms with Crippen molar-refractivity contribution in [3.8, 4) is 0 Å². The summed E-state index contributed by atoms with van der Waals surface area (Å²) in [6, 6.07) is 2.53.